The molecule has 0 saturated carbocycles. The van der Waals surface area contributed by atoms with Crippen molar-refractivity contribution in [2.75, 3.05) is 13.2 Å². The van der Waals surface area contributed by atoms with Gasteiger partial charge in [-0.15, -0.1) is 0 Å². The molecule has 0 aromatic carbocycles. The first-order chi connectivity index (χ1) is 6.69. The Morgan fingerprint density at radius 1 is 1.50 bits per heavy atom. The summed E-state index contributed by atoms with van der Waals surface area (Å²) in [5.74, 6) is 0.541. The quantitative estimate of drug-likeness (QED) is 0.737. The molecule has 0 bridgehead atoms. The summed E-state index contributed by atoms with van der Waals surface area (Å²) in [6, 6.07) is 1.97. The number of hydrogen-bond donors (Lipinski definition) is 2. The highest BCUT2D eigenvalue weighted by Gasteiger charge is 2.07. The predicted molar refractivity (Wildman–Crippen MR) is 54.2 cm³/mol. The van der Waals surface area contributed by atoms with Crippen molar-refractivity contribution in [3.8, 4) is 5.88 Å². The van der Waals surface area contributed by atoms with E-state index in [1.54, 1.807) is 0 Å². The van der Waals surface area contributed by atoms with E-state index in [0.717, 1.165) is 16.8 Å². The summed E-state index contributed by atoms with van der Waals surface area (Å²) in [6.07, 6.45) is 0. The van der Waals surface area contributed by atoms with Crippen molar-refractivity contribution in [2.45, 2.75) is 20.4 Å². The van der Waals surface area contributed by atoms with Gasteiger partial charge in [0.1, 0.15) is 6.61 Å². The molecule has 1 rings (SSSR count). The minimum atomic E-state index is -0.0152. The van der Waals surface area contributed by atoms with E-state index >= 15 is 0 Å². The summed E-state index contributed by atoms with van der Waals surface area (Å²) in [6.45, 7) is 4.52. The molecule has 0 radical (unpaired) electrons. The Morgan fingerprint density at radius 3 is 2.79 bits per heavy atom. The summed E-state index contributed by atoms with van der Waals surface area (Å²) >= 11 is 0. The number of pyridine rings is 1. The average Bonchev–Trinajstić information content (AvgIpc) is 2.14. The number of nitrogens with zero attached hydrogens (tertiary/aromatic N) is 1. The maximum Gasteiger partial charge on any atom is 0.218 e. The molecule has 1 aromatic heterocycles. The van der Waals surface area contributed by atoms with Gasteiger partial charge < -0.3 is 15.6 Å². The monoisotopic (exact) mass is 196 g/mol. The Morgan fingerprint density at radius 2 is 2.21 bits per heavy atom. The molecule has 1 heterocycles. The summed E-state index contributed by atoms with van der Waals surface area (Å²) in [5, 5.41) is 8.65. The van der Waals surface area contributed by atoms with E-state index in [9.17, 15) is 0 Å². The number of rotatable bonds is 4. The number of aromatic nitrogens is 1. The van der Waals surface area contributed by atoms with Gasteiger partial charge in [-0.1, -0.05) is 0 Å². The van der Waals surface area contributed by atoms with Gasteiger partial charge in [-0.3, -0.25) is 0 Å². The van der Waals surface area contributed by atoms with Crippen molar-refractivity contribution < 1.29 is 9.84 Å². The third kappa shape index (κ3) is 2.43. The summed E-state index contributed by atoms with van der Waals surface area (Å²) < 4.78 is 5.30. The molecule has 0 aliphatic rings. The fourth-order valence-electron chi connectivity index (χ4n) is 1.34. The van der Waals surface area contributed by atoms with Gasteiger partial charge in [-0.25, -0.2) is 4.98 Å². The van der Waals surface area contributed by atoms with Crippen LogP contribution in [0.1, 0.15) is 16.8 Å². The molecule has 4 heteroatoms. The third-order valence-corrected chi connectivity index (χ3v) is 1.97. The molecule has 0 aliphatic heterocycles. The molecule has 4 nitrogen and oxygen atoms in total. The van der Waals surface area contributed by atoms with Gasteiger partial charge in [-0.2, -0.15) is 0 Å². The molecule has 3 N–H and O–H groups in total. The molecule has 0 atom stereocenters. The summed E-state index contributed by atoms with van der Waals surface area (Å²) in [5.41, 5.74) is 8.47. The van der Waals surface area contributed by atoms with Crippen molar-refractivity contribution in [1.82, 2.24) is 4.98 Å². The SMILES string of the molecule is Cc1cc(C)c(CN)c(OCCO)n1. The lowest BCUT2D eigenvalue weighted by Gasteiger charge is -2.11. The molecule has 0 amide bonds. The molecule has 78 valence electrons. The number of aliphatic hydroxyl groups is 1. The van der Waals surface area contributed by atoms with Crippen LogP contribution in [0, 0.1) is 13.8 Å². The molecule has 0 aliphatic carbocycles. The smallest absolute Gasteiger partial charge is 0.218 e. The van der Waals surface area contributed by atoms with E-state index in [-0.39, 0.29) is 13.2 Å². The Kier molecular flexibility index (Phi) is 3.85. The molecule has 1 aromatic rings. The molecule has 0 unspecified atom stereocenters. The van der Waals surface area contributed by atoms with Crippen LogP contribution in [0.15, 0.2) is 6.07 Å². The Labute approximate surface area is 83.7 Å². The van der Waals surface area contributed by atoms with Crippen LogP contribution in [0.2, 0.25) is 0 Å². The van der Waals surface area contributed by atoms with Crippen molar-refractivity contribution in [2.24, 2.45) is 5.73 Å². The van der Waals surface area contributed by atoms with Crippen LogP contribution in [-0.2, 0) is 6.54 Å². The Hall–Kier alpha value is -1.13. The Balaban J connectivity index is 2.99. The number of nitrogens with two attached hydrogens (primary N) is 1. The minimum Gasteiger partial charge on any atom is -0.475 e. The lowest BCUT2D eigenvalue weighted by Crippen LogP contribution is -2.10. The van der Waals surface area contributed by atoms with Crippen molar-refractivity contribution in [1.29, 1.82) is 0 Å². The second kappa shape index (κ2) is 4.93. The first kappa shape index (κ1) is 10.9. The second-order valence-corrected chi connectivity index (χ2v) is 3.14. The third-order valence-electron chi connectivity index (χ3n) is 1.97. The van der Waals surface area contributed by atoms with E-state index in [4.69, 9.17) is 15.6 Å². The normalized spacial score (nSPS) is 10.3. The maximum atomic E-state index is 8.65. The fourth-order valence-corrected chi connectivity index (χ4v) is 1.34. The summed E-state index contributed by atoms with van der Waals surface area (Å²) in [7, 11) is 0. The van der Waals surface area contributed by atoms with E-state index in [1.165, 1.54) is 0 Å². The highest BCUT2D eigenvalue weighted by atomic mass is 16.5. The lowest BCUT2D eigenvalue weighted by molar-refractivity contribution is 0.195. The van der Waals surface area contributed by atoms with Gasteiger partial charge in [-0.05, 0) is 25.5 Å². The zero-order valence-electron chi connectivity index (χ0n) is 8.58. The van der Waals surface area contributed by atoms with Crippen LogP contribution in [0.3, 0.4) is 0 Å². The van der Waals surface area contributed by atoms with Crippen LogP contribution >= 0.6 is 0 Å². The zero-order valence-corrected chi connectivity index (χ0v) is 8.58. The highest BCUT2D eigenvalue weighted by Crippen LogP contribution is 2.19. The molecular formula is C10H16N2O2. The van der Waals surface area contributed by atoms with E-state index < -0.39 is 0 Å². The second-order valence-electron chi connectivity index (χ2n) is 3.14. The largest absolute Gasteiger partial charge is 0.475 e. The van der Waals surface area contributed by atoms with Crippen LogP contribution < -0.4 is 10.5 Å². The van der Waals surface area contributed by atoms with E-state index in [1.807, 2.05) is 19.9 Å². The van der Waals surface area contributed by atoms with Gasteiger partial charge >= 0.3 is 0 Å². The van der Waals surface area contributed by atoms with Crippen molar-refractivity contribution in [3.05, 3.63) is 22.9 Å². The highest BCUT2D eigenvalue weighted by molar-refractivity contribution is 5.35. The van der Waals surface area contributed by atoms with Crippen molar-refractivity contribution >= 4 is 0 Å². The van der Waals surface area contributed by atoms with Crippen LogP contribution in [0.5, 0.6) is 5.88 Å². The number of ether oxygens (including phenoxy) is 1. The molecule has 0 spiro atoms. The zero-order chi connectivity index (χ0) is 10.6. The van der Waals surface area contributed by atoms with Gasteiger partial charge in [0.2, 0.25) is 5.88 Å². The van der Waals surface area contributed by atoms with Gasteiger partial charge in [0, 0.05) is 17.8 Å². The van der Waals surface area contributed by atoms with Crippen LogP contribution in [0.25, 0.3) is 0 Å². The Bertz CT molecular complexity index is 313. The fraction of sp³-hybridized carbons (Fsp3) is 0.500. The average molecular weight is 196 g/mol. The van der Waals surface area contributed by atoms with E-state index in [0.29, 0.717) is 12.4 Å². The number of hydrogen-bond acceptors (Lipinski definition) is 4. The minimum absolute atomic E-state index is 0.0152. The molecule has 14 heavy (non-hydrogen) atoms. The van der Waals surface area contributed by atoms with Gasteiger partial charge in [0.25, 0.3) is 0 Å². The predicted octanol–water partition coefficient (Wildman–Crippen LogP) is 0.528. The number of aryl methyl sites for hydroxylation is 2. The van der Waals surface area contributed by atoms with E-state index in [2.05, 4.69) is 4.98 Å². The lowest BCUT2D eigenvalue weighted by atomic mass is 10.1. The van der Waals surface area contributed by atoms with Crippen LogP contribution in [-0.4, -0.2) is 23.3 Å². The topological polar surface area (TPSA) is 68.4 Å². The molecule has 0 fully saturated rings. The van der Waals surface area contributed by atoms with Crippen molar-refractivity contribution in [3.63, 3.8) is 0 Å². The van der Waals surface area contributed by atoms with Crippen LogP contribution in [0.4, 0.5) is 0 Å². The molecule has 0 saturated heterocycles. The maximum absolute atomic E-state index is 8.65. The van der Waals surface area contributed by atoms with Gasteiger partial charge in [0.05, 0.1) is 6.61 Å². The van der Waals surface area contributed by atoms with Gasteiger partial charge in [0.15, 0.2) is 0 Å². The first-order valence-electron chi connectivity index (χ1n) is 4.60. The summed E-state index contributed by atoms with van der Waals surface area (Å²) in [4.78, 5) is 4.23. The standard InChI is InChI=1S/C10H16N2O2/c1-7-5-8(2)12-10(9(7)6-11)14-4-3-13/h5,13H,3-4,6,11H2,1-2H3. The molecular weight excluding hydrogens is 180 g/mol. The number of aliphatic hydroxyl groups excluding tert-OH is 1. The first-order valence-corrected chi connectivity index (χ1v) is 4.60.